The van der Waals surface area contributed by atoms with Crippen molar-refractivity contribution < 1.29 is 9.53 Å². The molecule has 2 aromatic heterocycles. The zero-order chi connectivity index (χ0) is 12.8. The monoisotopic (exact) mass is 243 g/mol. The van der Waals surface area contributed by atoms with Gasteiger partial charge in [-0.1, -0.05) is 12.6 Å². The van der Waals surface area contributed by atoms with Gasteiger partial charge in [0, 0.05) is 24.7 Å². The molecule has 0 amide bonds. The fourth-order valence-corrected chi connectivity index (χ4v) is 1.52. The van der Waals surface area contributed by atoms with E-state index in [1.54, 1.807) is 12.4 Å². The van der Waals surface area contributed by atoms with Crippen LogP contribution in [0.2, 0.25) is 0 Å². The van der Waals surface area contributed by atoms with Crippen LogP contribution in [-0.4, -0.2) is 27.1 Å². The first-order chi connectivity index (χ1) is 8.81. The molecule has 0 aliphatic heterocycles. The SMILES string of the molecule is C=CC(=O)OCCn1ccnc1-c1ccccn1. The summed E-state index contributed by atoms with van der Waals surface area (Å²) in [5.41, 5.74) is 0.789. The number of aromatic nitrogens is 3. The summed E-state index contributed by atoms with van der Waals surface area (Å²) >= 11 is 0. The lowest BCUT2D eigenvalue weighted by molar-refractivity contribution is -0.137. The van der Waals surface area contributed by atoms with Crippen molar-refractivity contribution in [3.63, 3.8) is 0 Å². The van der Waals surface area contributed by atoms with Crippen LogP contribution >= 0.6 is 0 Å². The number of carbonyl (C=O) groups excluding carboxylic acids is 1. The van der Waals surface area contributed by atoms with Gasteiger partial charge < -0.3 is 9.30 Å². The van der Waals surface area contributed by atoms with Gasteiger partial charge in [-0.25, -0.2) is 9.78 Å². The van der Waals surface area contributed by atoms with E-state index in [4.69, 9.17) is 4.74 Å². The Kier molecular flexibility index (Phi) is 3.86. The maximum absolute atomic E-state index is 10.9. The van der Waals surface area contributed by atoms with E-state index in [0.717, 1.165) is 17.6 Å². The molecule has 0 radical (unpaired) electrons. The Morgan fingerprint density at radius 1 is 1.39 bits per heavy atom. The van der Waals surface area contributed by atoms with Gasteiger partial charge in [0.1, 0.15) is 12.3 Å². The second kappa shape index (κ2) is 5.77. The fraction of sp³-hybridized carbons (Fsp3) is 0.154. The number of nitrogens with zero attached hydrogens (tertiary/aromatic N) is 3. The highest BCUT2D eigenvalue weighted by Crippen LogP contribution is 2.13. The largest absolute Gasteiger partial charge is 0.461 e. The van der Waals surface area contributed by atoms with Crippen LogP contribution in [0.15, 0.2) is 49.4 Å². The Labute approximate surface area is 105 Å². The number of ether oxygens (including phenoxy) is 1. The topological polar surface area (TPSA) is 57.0 Å². The minimum atomic E-state index is -0.422. The van der Waals surface area contributed by atoms with Crippen molar-refractivity contribution in [1.29, 1.82) is 0 Å². The molecule has 0 aliphatic rings. The van der Waals surface area contributed by atoms with Gasteiger partial charge in [-0.15, -0.1) is 0 Å². The van der Waals surface area contributed by atoms with Crippen molar-refractivity contribution in [2.45, 2.75) is 6.54 Å². The summed E-state index contributed by atoms with van der Waals surface area (Å²) in [5, 5.41) is 0. The lowest BCUT2D eigenvalue weighted by Crippen LogP contribution is -2.10. The molecule has 2 heterocycles. The van der Waals surface area contributed by atoms with Gasteiger partial charge in [-0.2, -0.15) is 0 Å². The number of hydrogen-bond donors (Lipinski definition) is 0. The van der Waals surface area contributed by atoms with Crippen LogP contribution in [0.1, 0.15) is 0 Å². The predicted molar refractivity (Wildman–Crippen MR) is 66.6 cm³/mol. The Morgan fingerprint density at radius 2 is 2.28 bits per heavy atom. The van der Waals surface area contributed by atoms with Crippen LogP contribution in [0.25, 0.3) is 11.5 Å². The van der Waals surface area contributed by atoms with Gasteiger partial charge in [0.05, 0.1) is 6.54 Å². The third-order valence-electron chi connectivity index (χ3n) is 2.35. The normalized spacial score (nSPS) is 10.0. The number of hydrogen-bond acceptors (Lipinski definition) is 4. The fourth-order valence-electron chi connectivity index (χ4n) is 1.52. The van der Waals surface area contributed by atoms with Gasteiger partial charge in [0.15, 0.2) is 5.82 Å². The van der Waals surface area contributed by atoms with Crippen molar-refractivity contribution in [1.82, 2.24) is 14.5 Å². The highest BCUT2D eigenvalue weighted by molar-refractivity contribution is 5.81. The van der Waals surface area contributed by atoms with Crippen LogP contribution in [0.3, 0.4) is 0 Å². The molecule has 0 saturated carbocycles. The van der Waals surface area contributed by atoms with Crippen LogP contribution in [0.5, 0.6) is 0 Å². The van der Waals surface area contributed by atoms with Crippen molar-refractivity contribution in [2.24, 2.45) is 0 Å². The second-order valence-corrected chi connectivity index (χ2v) is 3.53. The molecule has 0 fully saturated rings. The number of pyridine rings is 1. The molecule has 0 atom stereocenters. The van der Waals surface area contributed by atoms with E-state index >= 15 is 0 Å². The average molecular weight is 243 g/mol. The molecule has 2 aromatic rings. The minimum Gasteiger partial charge on any atom is -0.461 e. The molecule has 5 nitrogen and oxygen atoms in total. The summed E-state index contributed by atoms with van der Waals surface area (Å²) in [5.74, 6) is 0.333. The van der Waals surface area contributed by atoms with Gasteiger partial charge in [-0.3, -0.25) is 4.98 Å². The summed E-state index contributed by atoms with van der Waals surface area (Å²) in [7, 11) is 0. The summed E-state index contributed by atoms with van der Waals surface area (Å²) in [6, 6.07) is 5.64. The van der Waals surface area contributed by atoms with Crippen molar-refractivity contribution in [3.05, 3.63) is 49.4 Å². The van der Waals surface area contributed by atoms with Gasteiger partial charge in [0.25, 0.3) is 0 Å². The quantitative estimate of drug-likeness (QED) is 0.592. The molecule has 0 spiro atoms. The minimum absolute atomic E-state index is 0.279. The van der Waals surface area contributed by atoms with E-state index in [1.807, 2.05) is 29.0 Å². The molecule has 0 bridgehead atoms. The molecule has 2 rings (SSSR count). The molecular formula is C13H13N3O2. The maximum atomic E-state index is 10.9. The van der Waals surface area contributed by atoms with Crippen molar-refractivity contribution >= 4 is 5.97 Å². The summed E-state index contributed by atoms with van der Waals surface area (Å²) in [6.45, 7) is 4.15. The van der Waals surface area contributed by atoms with E-state index in [2.05, 4.69) is 16.5 Å². The molecule has 0 N–H and O–H groups in total. The van der Waals surface area contributed by atoms with Gasteiger partial charge >= 0.3 is 5.97 Å². The van der Waals surface area contributed by atoms with E-state index in [9.17, 15) is 4.79 Å². The third-order valence-corrected chi connectivity index (χ3v) is 2.35. The van der Waals surface area contributed by atoms with Crippen LogP contribution in [0.4, 0.5) is 0 Å². The smallest absolute Gasteiger partial charge is 0.330 e. The Morgan fingerprint density at radius 3 is 3.00 bits per heavy atom. The Bertz CT molecular complexity index is 534. The van der Waals surface area contributed by atoms with E-state index in [1.165, 1.54) is 0 Å². The number of imidazole rings is 1. The van der Waals surface area contributed by atoms with Crippen LogP contribution in [-0.2, 0) is 16.1 Å². The molecule has 0 aliphatic carbocycles. The van der Waals surface area contributed by atoms with Crippen LogP contribution < -0.4 is 0 Å². The zero-order valence-corrected chi connectivity index (χ0v) is 9.82. The van der Waals surface area contributed by atoms with Crippen molar-refractivity contribution in [2.75, 3.05) is 6.61 Å². The van der Waals surface area contributed by atoms with Crippen molar-refractivity contribution in [3.8, 4) is 11.5 Å². The standard InChI is InChI=1S/C13H13N3O2/c1-2-12(17)18-10-9-16-8-7-15-13(16)11-5-3-4-6-14-11/h2-8H,1,9-10H2. The zero-order valence-electron chi connectivity index (χ0n) is 9.82. The summed E-state index contributed by atoms with van der Waals surface area (Å²) in [4.78, 5) is 19.4. The molecular weight excluding hydrogens is 230 g/mol. The molecule has 18 heavy (non-hydrogen) atoms. The molecule has 0 unspecified atom stereocenters. The summed E-state index contributed by atoms with van der Waals surface area (Å²) in [6.07, 6.45) is 6.38. The predicted octanol–water partition coefficient (Wildman–Crippen LogP) is 1.67. The first kappa shape index (κ1) is 12.0. The van der Waals surface area contributed by atoms with E-state index < -0.39 is 5.97 Å². The second-order valence-electron chi connectivity index (χ2n) is 3.53. The number of esters is 1. The highest BCUT2D eigenvalue weighted by atomic mass is 16.5. The van der Waals surface area contributed by atoms with E-state index in [0.29, 0.717) is 6.54 Å². The van der Waals surface area contributed by atoms with Gasteiger partial charge in [-0.05, 0) is 12.1 Å². The lowest BCUT2D eigenvalue weighted by atomic mass is 10.3. The Balaban J connectivity index is 2.05. The molecule has 0 aromatic carbocycles. The maximum Gasteiger partial charge on any atom is 0.330 e. The highest BCUT2D eigenvalue weighted by Gasteiger charge is 2.06. The number of rotatable bonds is 5. The summed E-state index contributed by atoms with van der Waals surface area (Å²) < 4.78 is 6.82. The lowest BCUT2D eigenvalue weighted by Gasteiger charge is -2.07. The van der Waals surface area contributed by atoms with E-state index in [-0.39, 0.29) is 6.61 Å². The number of carbonyl (C=O) groups is 1. The first-order valence-electron chi connectivity index (χ1n) is 5.53. The van der Waals surface area contributed by atoms with Crippen LogP contribution in [0, 0.1) is 0 Å². The molecule has 92 valence electrons. The average Bonchev–Trinajstić information content (AvgIpc) is 2.88. The first-order valence-corrected chi connectivity index (χ1v) is 5.53. The third kappa shape index (κ3) is 2.82. The molecule has 5 heteroatoms. The Hall–Kier alpha value is -2.43. The van der Waals surface area contributed by atoms with Gasteiger partial charge in [0.2, 0.25) is 0 Å². The molecule has 0 saturated heterocycles.